The number of imidazole rings is 1. The first-order valence-electron chi connectivity index (χ1n) is 6.47. The van der Waals surface area contributed by atoms with Crippen LogP contribution >= 0.6 is 15.9 Å². The second-order valence-electron chi connectivity index (χ2n) is 4.78. The topological polar surface area (TPSA) is 105 Å². The van der Waals surface area contributed by atoms with Crippen molar-refractivity contribution in [3.63, 3.8) is 0 Å². The van der Waals surface area contributed by atoms with Crippen LogP contribution in [0.15, 0.2) is 39.6 Å². The normalized spacial score (nSPS) is 10.9. The number of aromatic nitrogens is 2. The van der Waals surface area contributed by atoms with E-state index in [9.17, 15) is 19.8 Å². The number of methoxy groups -OCH3 is 1. The highest BCUT2D eigenvalue weighted by Gasteiger charge is 2.16. The molecule has 23 heavy (non-hydrogen) atoms. The third-order valence-corrected chi connectivity index (χ3v) is 4.02. The number of carbonyl (C=O) groups is 1. The number of H-pyrrole nitrogens is 1. The number of nitrogens with one attached hydrogen (secondary N) is 1. The molecule has 0 saturated heterocycles. The maximum Gasteiger partial charge on any atom is 0.337 e. The molecule has 0 aliphatic heterocycles. The zero-order valence-electron chi connectivity index (χ0n) is 11.8. The van der Waals surface area contributed by atoms with Crippen LogP contribution in [0.3, 0.4) is 0 Å². The number of phenols is 2. The number of aromatic amines is 1. The summed E-state index contributed by atoms with van der Waals surface area (Å²) in [6.07, 6.45) is 0. The van der Waals surface area contributed by atoms with Gasteiger partial charge in [0.1, 0.15) is 11.5 Å². The fourth-order valence-corrected chi connectivity index (χ4v) is 2.65. The molecule has 0 aliphatic carbocycles. The largest absolute Gasteiger partial charge is 0.507 e. The Morgan fingerprint density at radius 2 is 1.96 bits per heavy atom. The molecule has 0 fully saturated rings. The molecule has 0 amide bonds. The number of phenolic OH excluding ortho intramolecular Hbond substituents is 2. The minimum absolute atomic E-state index is 0.146. The average Bonchev–Trinajstić information content (AvgIpc) is 2.85. The van der Waals surface area contributed by atoms with E-state index in [0.717, 1.165) is 6.07 Å². The van der Waals surface area contributed by atoms with Gasteiger partial charge in [0, 0.05) is 6.07 Å². The SMILES string of the molecule is COC(=O)c1ccc2c(c1)[nH]c(=O)n2-c1cc(Br)c(O)cc1O. The third-order valence-electron chi connectivity index (χ3n) is 3.39. The van der Waals surface area contributed by atoms with Gasteiger partial charge in [-0.25, -0.2) is 9.59 Å². The van der Waals surface area contributed by atoms with E-state index in [-0.39, 0.29) is 17.2 Å². The maximum atomic E-state index is 12.2. The summed E-state index contributed by atoms with van der Waals surface area (Å²) in [5.74, 6) is -0.923. The van der Waals surface area contributed by atoms with Crippen molar-refractivity contribution in [2.45, 2.75) is 0 Å². The van der Waals surface area contributed by atoms with E-state index in [1.807, 2.05) is 0 Å². The molecule has 118 valence electrons. The van der Waals surface area contributed by atoms with Gasteiger partial charge in [-0.3, -0.25) is 4.57 Å². The number of nitrogens with zero attached hydrogens (tertiary/aromatic N) is 1. The van der Waals surface area contributed by atoms with Crippen LogP contribution < -0.4 is 5.69 Å². The molecule has 0 unspecified atom stereocenters. The second kappa shape index (κ2) is 5.47. The van der Waals surface area contributed by atoms with Gasteiger partial charge in [-0.15, -0.1) is 0 Å². The van der Waals surface area contributed by atoms with Gasteiger partial charge < -0.3 is 19.9 Å². The first-order chi connectivity index (χ1) is 10.9. The van der Waals surface area contributed by atoms with E-state index in [2.05, 4.69) is 25.7 Å². The summed E-state index contributed by atoms with van der Waals surface area (Å²) < 4.78 is 6.22. The predicted octanol–water partition coefficient (Wildman–Crippen LogP) is 2.28. The van der Waals surface area contributed by atoms with E-state index in [0.29, 0.717) is 21.1 Å². The number of benzene rings is 2. The van der Waals surface area contributed by atoms with E-state index in [1.54, 1.807) is 6.07 Å². The smallest absolute Gasteiger partial charge is 0.337 e. The molecule has 2 aromatic carbocycles. The lowest BCUT2D eigenvalue weighted by molar-refractivity contribution is 0.0601. The van der Waals surface area contributed by atoms with E-state index in [1.165, 1.54) is 29.9 Å². The monoisotopic (exact) mass is 378 g/mol. The molecular formula is C15H11BrN2O5. The molecule has 8 heteroatoms. The molecule has 7 nitrogen and oxygen atoms in total. The Labute approximate surface area is 137 Å². The molecule has 0 radical (unpaired) electrons. The average molecular weight is 379 g/mol. The molecule has 1 heterocycles. The summed E-state index contributed by atoms with van der Waals surface area (Å²) in [5, 5.41) is 19.6. The van der Waals surface area contributed by atoms with Crippen LogP contribution in [-0.4, -0.2) is 32.8 Å². The number of halogens is 1. The lowest BCUT2D eigenvalue weighted by Gasteiger charge is -2.08. The number of ether oxygens (including phenoxy) is 1. The summed E-state index contributed by atoms with van der Waals surface area (Å²) in [4.78, 5) is 26.4. The summed E-state index contributed by atoms with van der Waals surface area (Å²) >= 11 is 3.15. The summed E-state index contributed by atoms with van der Waals surface area (Å²) in [6.45, 7) is 0. The first-order valence-corrected chi connectivity index (χ1v) is 7.26. The third kappa shape index (κ3) is 2.46. The van der Waals surface area contributed by atoms with Crippen molar-refractivity contribution in [2.75, 3.05) is 7.11 Å². The number of hydrogen-bond donors (Lipinski definition) is 3. The number of esters is 1. The maximum absolute atomic E-state index is 12.2. The van der Waals surface area contributed by atoms with Crippen molar-refractivity contribution in [1.82, 2.24) is 9.55 Å². The minimum atomic E-state index is -0.518. The minimum Gasteiger partial charge on any atom is -0.507 e. The molecular weight excluding hydrogens is 368 g/mol. The van der Waals surface area contributed by atoms with Crippen LogP contribution in [0.1, 0.15) is 10.4 Å². The quantitative estimate of drug-likeness (QED) is 0.593. The van der Waals surface area contributed by atoms with Crippen LogP contribution in [0.5, 0.6) is 11.5 Å². The van der Waals surface area contributed by atoms with Gasteiger partial charge in [0.05, 0.1) is 33.9 Å². The molecule has 3 aromatic rings. The first kappa shape index (κ1) is 15.2. The molecule has 0 aliphatic rings. The Hall–Kier alpha value is -2.74. The van der Waals surface area contributed by atoms with E-state index in [4.69, 9.17) is 0 Å². The van der Waals surface area contributed by atoms with Crippen molar-refractivity contribution in [2.24, 2.45) is 0 Å². The van der Waals surface area contributed by atoms with Crippen LogP contribution in [0.4, 0.5) is 0 Å². The summed E-state index contributed by atoms with van der Waals surface area (Å²) in [6, 6.07) is 7.14. The number of fused-ring (bicyclic) bond motifs is 1. The molecule has 1 aromatic heterocycles. The standard InChI is InChI=1S/C15H11BrN2O5/c1-23-14(21)7-2-3-10-9(4-7)17-15(22)18(10)11-5-8(16)12(19)6-13(11)20/h2-6,19-20H,1H3,(H,17,22). The Morgan fingerprint density at radius 1 is 1.22 bits per heavy atom. The van der Waals surface area contributed by atoms with Gasteiger partial charge in [-0.2, -0.15) is 0 Å². The zero-order valence-corrected chi connectivity index (χ0v) is 13.4. The number of carbonyl (C=O) groups excluding carboxylic acids is 1. The highest BCUT2D eigenvalue weighted by molar-refractivity contribution is 9.10. The molecule has 3 rings (SSSR count). The fourth-order valence-electron chi connectivity index (χ4n) is 2.32. The van der Waals surface area contributed by atoms with Crippen molar-refractivity contribution in [3.05, 3.63) is 50.9 Å². The Kier molecular flexibility index (Phi) is 3.61. The highest BCUT2D eigenvalue weighted by atomic mass is 79.9. The molecule has 3 N–H and O–H groups in total. The van der Waals surface area contributed by atoms with Gasteiger partial charge >= 0.3 is 11.7 Å². The number of aromatic hydroxyl groups is 2. The predicted molar refractivity (Wildman–Crippen MR) is 86.3 cm³/mol. The summed E-state index contributed by atoms with van der Waals surface area (Å²) in [5.41, 5.74) is 0.883. The van der Waals surface area contributed by atoms with Gasteiger partial charge in [-0.1, -0.05) is 0 Å². The van der Waals surface area contributed by atoms with Gasteiger partial charge in [0.25, 0.3) is 0 Å². The van der Waals surface area contributed by atoms with Gasteiger partial charge in [0.2, 0.25) is 0 Å². The molecule has 0 atom stereocenters. The number of rotatable bonds is 2. The van der Waals surface area contributed by atoms with Gasteiger partial charge in [0.15, 0.2) is 0 Å². The fraction of sp³-hybridized carbons (Fsp3) is 0.0667. The highest BCUT2D eigenvalue weighted by Crippen LogP contribution is 2.34. The molecule has 0 bridgehead atoms. The molecule has 0 spiro atoms. The van der Waals surface area contributed by atoms with Crippen LogP contribution in [-0.2, 0) is 4.74 Å². The van der Waals surface area contributed by atoms with Crippen LogP contribution in [0, 0.1) is 0 Å². The van der Waals surface area contributed by atoms with Crippen LogP contribution in [0.2, 0.25) is 0 Å². The van der Waals surface area contributed by atoms with E-state index < -0.39 is 11.7 Å². The van der Waals surface area contributed by atoms with E-state index >= 15 is 0 Å². The second-order valence-corrected chi connectivity index (χ2v) is 5.64. The van der Waals surface area contributed by atoms with Crippen molar-refractivity contribution < 1.29 is 19.7 Å². The Morgan fingerprint density at radius 3 is 2.65 bits per heavy atom. The van der Waals surface area contributed by atoms with Crippen molar-refractivity contribution in [3.8, 4) is 17.2 Å². The van der Waals surface area contributed by atoms with Gasteiger partial charge in [-0.05, 0) is 40.2 Å². The Balaban J connectivity index is 2.27. The summed E-state index contributed by atoms with van der Waals surface area (Å²) in [7, 11) is 1.27. The number of hydrogen-bond acceptors (Lipinski definition) is 5. The van der Waals surface area contributed by atoms with Crippen molar-refractivity contribution >= 4 is 32.9 Å². The Bertz CT molecular complexity index is 989. The lowest BCUT2D eigenvalue weighted by atomic mass is 10.2. The lowest BCUT2D eigenvalue weighted by Crippen LogP contribution is -2.14. The van der Waals surface area contributed by atoms with Crippen molar-refractivity contribution in [1.29, 1.82) is 0 Å². The van der Waals surface area contributed by atoms with Crippen LogP contribution in [0.25, 0.3) is 16.7 Å². The zero-order chi connectivity index (χ0) is 16.7. The molecule has 0 saturated carbocycles.